The molecule has 15 N–H and O–H groups in total. The Kier molecular flexibility index (Phi) is 13.9. The molecule has 0 aromatic rings. The zero-order chi connectivity index (χ0) is 28.7. The van der Waals surface area contributed by atoms with E-state index in [0.29, 0.717) is 19.4 Å². The van der Waals surface area contributed by atoms with Crippen LogP contribution in [0.4, 0.5) is 0 Å². The lowest BCUT2D eigenvalue weighted by atomic mass is 10.1. The Morgan fingerprint density at radius 3 is 1.74 bits per heavy atom. The molecule has 0 bridgehead atoms. The maximum Gasteiger partial charge on any atom is 0.326 e. The van der Waals surface area contributed by atoms with E-state index in [0.717, 1.165) is 6.42 Å². The van der Waals surface area contributed by atoms with Gasteiger partial charge in [0.1, 0.15) is 18.1 Å². The van der Waals surface area contributed by atoms with E-state index in [-0.39, 0.29) is 50.2 Å². The molecule has 1 saturated heterocycles. The maximum absolute atomic E-state index is 13.2. The Morgan fingerprint density at radius 2 is 1.32 bits per heavy atom. The zero-order valence-electron chi connectivity index (χ0n) is 21.2. The summed E-state index contributed by atoms with van der Waals surface area (Å²) in [6.07, 6.45) is 1.55. The fourth-order valence-corrected chi connectivity index (χ4v) is 3.67. The number of nitrogens with one attached hydrogen (secondary N) is 4. The Balaban J connectivity index is 3.02. The number of carboxylic acids is 1. The molecule has 17 nitrogen and oxygen atoms in total. The van der Waals surface area contributed by atoms with Gasteiger partial charge in [0, 0.05) is 13.1 Å². The van der Waals surface area contributed by atoms with Crippen molar-refractivity contribution in [2.45, 2.75) is 69.1 Å². The summed E-state index contributed by atoms with van der Waals surface area (Å²) in [5, 5.41) is 19.8. The van der Waals surface area contributed by atoms with Crippen LogP contribution >= 0.6 is 0 Å². The van der Waals surface area contributed by atoms with E-state index in [9.17, 15) is 29.1 Å². The molecule has 38 heavy (non-hydrogen) atoms. The largest absolute Gasteiger partial charge is 0.480 e. The highest BCUT2D eigenvalue weighted by Crippen LogP contribution is 2.08. The van der Waals surface area contributed by atoms with E-state index >= 15 is 0 Å². The number of primary amides is 1. The highest BCUT2D eigenvalue weighted by molar-refractivity contribution is 5.95. The lowest BCUT2D eigenvalue weighted by Gasteiger charge is -2.25. The number of hydrogen-bond acceptors (Lipinski definition) is 8. The molecule has 0 radical (unpaired) electrons. The van der Waals surface area contributed by atoms with Crippen molar-refractivity contribution in [1.82, 2.24) is 21.3 Å². The molecule has 0 aromatic heterocycles. The lowest BCUT2D eigenvalue weighted by Crippen LogP contribution is -2.57. The summed E-state index contributed by atoms with van der Waals surface area (Å²) in [6, 6.07) is -4.31. The summed E-state index contributed by atoms with van der Waals surface area (Å²) >= 11 is 0. The number of hydrogen-bond donors (Lipinski definition) is 10. The molecule has 0 aliphatic carbocycles. The minimum absolute atomic E-state index is 0.0239. The van der Waals surface area contributed by atoms with Crippen LogP contribution in [0.25, 0.3) is 0 Å². The van der Waals surface area contributed by atoms with Crippen LogP contribution in [0.1, 0.15) is 44.9 Å². The highest BCUT2D eigenvalue weighted by atomic mass is 16.4. The summed E-state index contributed by atoms with van der Waals surface area (Å²) in [7, 11) is 0. The second-order valence-electron chi connectivity index (χ2n) is 8.74. The fraction of sp³-hybridized carbons (Fsp3) is 0.667. The Hall–Kier alpha value is -4.15. The van der Waals surface area contributed by atoms with Crippen LogP contribution in [-0.2, 0) is 24.0 Å². The van der Waals surface area contributed by atoms with Crippen molar-refractivity contribution in [3.05, 3.63) is 0 Å². The summed E-state index contributed by atoms with van der Waals surface area (Å²) in [6.45, 7) is 1.02. The molecular formula is C21H39N11O6. The molecule has 0 spiro atoms. The van der Waals surface area contributed by atoms with Crippen molar-refractivity contribution in [3.8, 4) is 0 Å². The minimum atomic E-state index is -1.60. The third kappa shape index (κ3) is 12.7. The maximum atomic E-state index is 13.2. The Labute approximate surface area is 219 Å². The SMILES string of the molecule is NC(=O)CC(NC(=O)C(CCCN=C(N)N)NC(=O)C(CCCN=C(N)N)NC(=O)C1CCCN1)C(=O)O. The summed E-state index contributed by atoms with van der Waals surface area (Å²) in [4.78, 5) is 69.2. The van der Waals surface area contributed by atoms with Crippen molar-refractivity contribution >= 4 is 41.5 Å². The van der Waals surface area contributed by atoms with E-state index in [1.807, 2.05) is 0 Å². The molecule has 17 heteroatoms. The van der Waals surface area contributed by atoms with Gasteiger partial charge in [-0.25, -0.2) is 4.79 Å². The molecule has 4 unspecified atom stereocenters. The molecule has 1 rings (SSSR count). The van der Waals surface area contributed by atoms with E-state index < -0.39 is 54.3 Å². The molecule has 1 aliphatic rings. The van der Waals surface area contributed by atoms with Crippen LogP contribution < -0.4 is 49.9 Å². The zero-order valence-corrected chi connectivity index (χ0v) is 21.2. The van der Waals surface area contributed by atoms with Crippen LogP contribution in [0, 0.1) is 0 Å². The van der Waals surface area contributed by atoms with Gasteiger partial charge in [-0.1, -0.05) is 0 Å². The van der Waals surface area contributed by atoms with Crippen molar-refractivity contribution in [3.63, 3.8) is 0 Å². The van der Waals surface area contributed by atoms with Crippen molar-refractivity contribution in [1.29, 1.82) is 0 Å². The first-order chi connectivity index (χ1) is 17.9. The third-order valence-corrected chi connectivity index (χ3v) is 5.55. The number of carbonyl (C=O) groups excluding carboxylic acids is 4. The quantitative estimate of drug-likeness (QED) is 0.0473. The fourth-order valence-electron chi connectivity index (χ4n) is 3.67. The first-order valence-corrected chi connectivity index (χ1v) is 12.2. The van der Waals surface area contributed by atoms with Gasteiger partial charge < -0.3 is 55.0 Å². The average molecular weight is 542 g/mol. The summed E-state index contributed by atoms with van der Waals surface area (Å²) < 4.78 is 0. The monoisotopic (exact) mass is 541 g/mol. The van der Waals surface area contributed by atoms with Crippen molar-refractivity contribution in [2.24, 2.45) is 38.7 Å². The summed E-state index contributed by atoms with van der Waals surface area (Å²) in [5.41, 5.74) is 26.4. The van der Waals surface area contributed by atoms with Gasteiger partial charge in [0.25, 0.3) is 0 Å². The van der Waals surface area contributed by atoms with Gasteiger partial charge in [0.2, 0.25) is 23.6 Å². The molecule has 1 heterocycles. The normalized spacial score (nSPS) is 16.8. The highest BCUT2D eigenvalue weighted by Gasteiger charge is 2.31. The second-order valence-corrected chi connectivity index (χ2v) is 8.74. The van der Waals surface area contributed by atoms with Gasteiger partial charge in [-0.2, -0.15) is 0 Å². The Morgan fingerprint density at radius 1 is 0.816 bits per heavy atom. The van der Waals surface area contributed by atoms with Gasteiger partial charge in [0.05, 0.1) is 12.5 Å². The number of carbonyl (C=O) groups is 5. The van der Waals surface area contributed by atoms with Crippen molar-refractivity contribution < 1.29 is 29.1 Å². The number of aliphatic carboxylic acids is 1. The number of carboxylic acid groups (broad SMARTS) is 1. The van der Waals surface area contributed by atoms with E-state index in [2.05, 4.69) is 31.3 Å². The molecule has 214 valence electrons. The van der Waals surface area contributed by atoms with Crippen LogP contribution in [0.2, 0.25) is 0 Å². The topological polar surface area (TPSA) is 309 Å². The van der Waals surface area contributed by atoms with Gasteiger partial charge in [-0.15, -0.1) is 0 Å². The van der Waals surface area contributed by atoms with Gasteiger partial charge in [-0.3, -0.25) is 29.2 Å². The summed E-state index contributed by atoms with van der Waals surface area (Å²) in [5.74, 6) is -4.60. The van der Waals surface area contributed by atoms with Gasteiger partial charge in [-0.05, 0) is 45.1 Å². The third-order valence-electron chi connectivity index (χ3n) is 5.55. The molecule has 1 aliphatic heterocycles. The lowest BCUT2D eigenvalue weighted by molar-refractivity contribution is -0.143. The van der Waals surface area contributed by atoms with Gasteiger partial charge >= 0.3 is 5.97 Å². The van der Waals surface area contributed by atoms with Crippen LogP contribution in [0.3, 0.4) is 0 Å². The second kappa shape index (κ2) is 16.6. The number of rotatable bonds is 17. The Bertz CT molecular complexity index is 896. The van der Waals surface area contributed by atoms with Crippen LogP contribution in [0.5, 0.6) is 0 Å². The first kappa shape index (κ1) is 31.9. The predicted molar refractivity (Wildman–Crippen MR) is 138 cm³/mol. The van der Waals surface area contributed by atoms with Crippen LogP contribution in [0.15, 0.2) is 9.98 Å². The number of aliphatic imine (C=N–C) groups is 2. The molecule has 1 fully saturated rings. The standard InChI is InChI=1S/C21H39N11O6/c22-15(33)10-14(19(37)38)32-18(36)13(6-3-9-29-21(25)26)31-17(35)12(5-2-8-28-20(23)24)30-16(34)11-4-1-7-27-11/h11-14,27H,1-10H2,(H2,22,33)(H,30,34)(H,31,35)(H,32,36)(H,37,38)(H4,23,24,28)(H4,25,26,29). The molecule has 4 amide bonds. The predicted octanol–water partition coefficient (Wildman–Crippen LogP) is -4.74. The molecule has 0 aromatic carbocycles. The first-order valence-electron chi connectivity index (χ1n) is 12.2. The van der Waals surface area contributed by atoms with E-state index in [1.165, 1.54) is 0 Å². The molecular weight excluding hydrogens is 502 g/mol. The minimum Gasteiger partial charge on any atom is -0.480 e. The number of nitrogens with two attached hydrogens (primary N) is 5. The smallest absolute Gasteiger partial charge is 0.326 e. The molecule has 4 atom stereocenters. The number of nitrogens with zero attached hydrogens (tertiary/aromatic N) is 2. The average Bonchev–Trinajstić information content (AvgIpc) is 3.36. The molecule has 0 saturated carbocycles. The van der Waals surface area contributed by atoms with E-state index in [1.54, 1.807) is 0 Å². The number of guanidine groups is 2. The van der Waals surface area contributed by atoms with Gasteiger partial charge in [0.15, 0.2) is 11.9 Å². The number of amides is 4. The van der Waals surface area contributed by atoms with E-state index in [4.69, 9.17) is 28.7 Å². The van der Waals surface area contributed by atoms with Crippen molar-refractivity contribution in [2.75, 3.05) is 19.6 Å². The van der Waals surface area contributed by atoms with Crippen LogP contribution in [-0.4, -0.2) is 90.4 Å².